The van der Waals surface area contributed by atoms with Crippen LogP contribution in [0.5, 0.6) is 11.5 Å². The van der Waals surface area contributed by atoms with Crippen molar-refractivity contribution in [3.8, 4) is 11.5 Å². The van der Waals surface area contributed by atoms with E-state index < -0.39 is 27.3 Å². The number of sulfonamides is 1. The maximum Gasteiger partial charge on any atom is 0.266 e. The number of hydrogen-bond donors (Lipinski definition) is 0. The Hall–Kier alpha value is -2.45. The predicted octanol–water partition coefficient (Wildman–Crippen LogP) is 5.23. The van der Waals surface area contributed by atoms with E-state index in [4.69, 9.17) is 9.47 Å². The zero-order valence-corrected chi connectivity index (χ0v) is 19.0. The first-order valence-corrected chi connectivity index (χ1v) is 11.4. The maximum absolute atomic E-state index is 13.4. The highest BCUT2D eigenvalue weighted by atomic mass is 32.2. The van der Waals surface area contributed by atoms with E-state index in [1.807, 2.05) is 24.3 Å². The Balaban J connectivity index is 2.32. The molecular weight excluding hydrogens is 424 g/mol. The molecule has 0 aliphatic heterocycles. The predicted molar refractivity (Wildman–Crippen MR) is 118 cm³/mol. The highest BCUT2D eigenvalue weighted by molar-refractivity contribution is 7.89. The van der Waals surface area contributed by atoms with Crippen LogP contribution in [0.25, 0.3) is 0 Å². The molecule has 2 aromatic rings. The van der Waals surface area contributed by atoms with Crippen LogP contribution in [0.3, 0.4) is 0 Å². The molecule has 0 spiro atoms. The monoisotopic (exact) mass is 453 g/mol. The summed E-state index contributed by atoms with van der Waals surface area (Å²) < 4.78 is 63.6. The summed E-state index contributed by atoms with van der Waals surface area (Å²) in [5.74, 6) is 0.881. The molecule has 0 aliphatic carbocycles. The standard InChI is InChI=1S/C23H29F2NO4S/c1-17(5-14-23(24)25)18(2)31(27,28)26(15-19-6-10-21(29-3)11-7-19)16-20-8-12-22(30-4)13-9-20/h6-14,17-18H,5,15-16H2,1-4H3/t17-,18+/m0/s1. The smallest absolute Gasteiger partial charge is 0.266 e. The fourth-order valence-corrected chi connectivity index (χ4v) is 4.93. The molecule has 31 heavy (non-hydrogen) atoms. The van der Waals surface area contributed by atoms with Crippen LogP contribution in [0.15, 0.2) is 60.7 Å². The summed E-state index contributed by atoms with van der Waals surface area (Å²) >= 11 is 0. The molecule has 170 valence electrons. The minimum Gasteiger partial charge on any atom is -0.497 e. The van der Waals surface area contributed by atoms with E-state index in [-0.39, 0.29) is 19.5 Å². The Morgan fingerprint density at radius 3 is 1.68 bits per heavy atom. The van der Waals surface area contributed by atoms with Gasteiger partial charge in [-0.05, 0) is 60.7 Å². The van der Waals surface area contributed by atoms with Crippen LogP contribution in [0.4, 0.5) is 8.78 Å². The lowest BCUT2D eigenvalue weighted by Gasteiger charge is -2.29. The van der Waals surface area contributed by atoms with Crippen LogP contribution in [-0.2, 0) is 23.1 Å². The number of methoxy groups -OCH3 is 2. The van der Waals surface area contributed by atoms with Crippen molar-refractivity contribution >= 4 is 10.0 Å². The number of allylic oxidation sites excluding steroid dienone is 1. The second-order valence-electron chi connectivity index (χ2n) is 7.42. The Labute approximate surface area is 183 Å². The van der Waals surface area contributed by atoms with Crippen molar-refractivity contribution in [2.75, 3.05) is 14.2 Å². The fourth-order valence-electron chi connectivity index (χ4n) is 3.10. The number of nitrogens with zero attached hydrogens (tertiary/aromatic N) is 1. The van der Waals surface area contributed by atoms with E-state index in [0.29, 0.717) is 11.5 Å². The molecular formula is C23H29F2NO4S. The van der Waals surface area contributed by atoms with E-state index >= 15 is 0 Å². The van der Waals surface area contributed by atoms with Gasteiger partial charge in [-0.15, -0.1) is 0 Å². The third-order valence-electron chi connectivity index (χ3n) is 5.31. The largest absolute Gasteiger partial charge is 0.497 e. The first kappa shape index (κ1) is 24.8. The Morgan fingerprint density at radius 2 is 1.32 bits per heavy atom. The van der Waals surface area contributed by atoms with Gasteiger partial charge in [-0.25, -0.2) is 8.42 Å². The minimum absolute atomic E-state index is 0.0123. The average Bonchev–Trinajstić information content (AvgIpc) is 2.77. The summed E-state index contributed by atoms with van der Waals surface area (Å²) in [6.07, 6.45) is -1.04. The third kappa shape index (κ3) is 7.04. The average molecular weight is 454 g/mol. The lowest BCUT2D eigenvalue weighted by Crippen LogP contribution is -2.39. The summed E-state index contributed by atoms with van der Waals surface area (Å²) in [6, 6.07) is 14.3. The molecule has 0 bridgehead atoms. The van der Waals surface area contributed by atoms with Gasteiger partial charge < -0.3 is 9.47 Å². The quantitative estimate of drug-likeness (QED) is 0.467. The molecule has 0 aliphatic rings. The highest BCUT2D eigenvalue weighted by Gasteiger charge is 2.32. The first-order chi connectivity index (χ1) is 14.7. The number of hydrogen-bond acceptors (Lipinski definition) is 4. The summed E-state index contributed by atoms with van der Waals surface area (Å²) in [6.45, 7) is 3.55. The minimum atomic E-state index is -3.78. The molecule has 0 saturated carbocycles. The molecule has 8 heteroatoms. The first-order valence-electron chi connectivity index (χ1n) is 9.93. The maximum atomic E-state index is 13.4. The molecule has 5 nitrogen and oxygen atoms in total. The summed E-state index contributed by atoms with van der Waals surface area (Å²) in [4.78, 5) is 0. The topological polar surface area (TPSA) is 55.8 Å². The van der Waals surface area contributed by atoms with Gasteiger partial charge in [-0.2, -0.15) is 13.1 Å². The van der Waals surface area contributed by atoms with Crippen molar-refractivity contribution in [2.45, 2.75) is 38.6 Å². The molecule has 0 saturated heterocycles. The SMILES string of the molecule is COc1ccc(CN(Cc2ccc(OC)cc2)S(=O)(=O)[C@H](C)[C@@H](C)CC=C(F)F)cc1. The molecule has 0 unspecified atom stereocenters. The molecule has 0 amide bonds. The molecule has 2 atom stereocenters. The van der Waals surface area contributed by atoms with Gasteiger partial charge in [0.25, 0.3) is 6.08 Å². The van der Waals surface area contributed by atoms with Crippen molar-refractivity contribution in [1.29, 1.82) is 0 Å². The Kier molecular flexibility index (Phi) is 9.00. The summed E-state index contributed by atoms with van der Waals surface area (Å²) in [7, 11) is -0.654. The van der Waals surface area contributed by atoms with Gasteiger partial charge in [-0.3, -0.25) is 0 Å². The molecule has 0 N–H and O–H groups in total. The van der Waals surface area contributed by atoms with Crippen LogP contribution in [-0.4, -0.2) is 32.2 Å². The van der Waals surface area contributed by atoms with E-state index in [1.165, 1.54) is 4.31 Å². The van der Waals surface area contributed by atoms with Gasteiger partial charge in [0.05, 0.1) is 19.5 Å². The zero-order chi connectivity index (χ0) is 23.0. The van der Waals surface area contributed by atoms with Crippen molar-refractivity contribution < 1.29 is 26.7 Å². The van der Waals surface area contributed by atoms with Crippen LogP contribution in [0, 0.1) is 5.92 Å². The molecule has 2 aromatic carbocycles. The van der Waals surface area contributed by atoms with Crippen molar-refractivity contribution in [3.63, 3.8) is 0 Å². The number of halogens is 2. The molecule has 0 radical (unpaired) electrons. The van der Waals surface area contributed by atoms with E-state index in [2.05, 4.69) is 0 Å². The van der Waals surface area contributed by atoms with Crippen LogP contribution < -0.4 is 9.47 Å². The Bertz CT molecular complexity index is 907. The van der Waals surface area contributed by atoms with Crippen molar-refractivity contribution in [3.05, 3.63) is 71.8 Å². The zero-order valence-electron chi connectivity index (χ0n) is 18.2. The fraction of sp³-hybridized carbons (Fsp3) is 0.391. The second kappa shape index (κ2) is 11.2. The Morgan fingerprint density at radius 1 is 0.903 bits per heavy atom. The van der Waals surface area contributed by atoms with Crippen molar-refractivity contribution in [2.24, 2.45) is 5.92 Å². The van der Waals surface area contributed by atoms with Crippen LogP contribution >= 0.6 is 0 Å². The van der Waals surface area contributed by atoms with E-state index in [1.54, 1.807) is 52.3 Å². The third-order valence-corrected chi connectivity index (χ3v) is 7.69. The van der Waals surface area contributed by atoms with Gasteiger partial charge in [-0.1, -0.05) is 31.2 Å². The molecule has 0 heterocycles. The van der Waals surface area contributed by atoms with Gasteiger partial charge in [0.2, 0.25) is 10.0 Å². The molecule has 0 fully saturated rings. The van der Waals surface area contributed by atoms with Gasteiger partial charge in [0.15, 0.2) is 0 Å². The summed E-state index contributed by atoms with van der Waals surface area (Å²) in [5.41, 5.74) is 1.60. The van der Waals surface area contributed by atoms with Crippen LogP contribution in [0.2, 0.25) is 0 Å². The lowest BCUT2D eigenvalue weighted by atomic mass is 10.1. The molecule has 0 aromatic heterocycles. The van der Waals surface area contributed by atoms with E-state index in [9.17, 15) is 17.2 Å². The van der Waals surface area contributed by atoms with Gasteiger partial charge >= 0.3 is 0 Å². The normalized spacial score (nSPS) is 13.5. The number of ether oxygens (including phenoxy) is 2. The number of rotatable bonds is 11. The number of benzene rings is 2. The van der Waals surface area contributed by atoms with Gasteiger partial charge in [0, 0.05) is 13.1 Å². The van der Waals surface area contributed by atoms with Gasteiger partial charge in [0.1, 0.15) is 11.5 Å². The van der Waals surface area contributed by atoms with Crippen LogP contribution in [0.1, 0.15) is 31.4 Å². The second-order valence-corrected chi connectivity index (χ2v) is 9.71. The summed E-state index contributed by atoms with van der Waals surface area (Å²) in [5, 5.41) is -0.834. The molecule has 2 rings (SSSR count). The van der Waals surface area contributed by atoms with E-state index in [0.717, 1.165) is 17.2 Å². The van der Waals surface area contributed by atoms with Crippen molar-refractivity contribution in [1.82, 2.24) is 4.31 Å². The highest BCUT2D eigenvalue weighted by Crippen LogP contribution is 2.25. The lowest BCUT2D eigenvalue weighted by molar-refractivity contribution is 0.378.